The lowest BCUT2D eigenvalue weighted by Crippen LogP contribution is -2.30. The van der Waals surface area contributed by atoms with Crippen molar-refractivity contribution in [3.05, 3.63) is 22.4 Å². The molecule has 1 nitrogen and oxygen atoms in total. The molecule has 90 valence electrons. The Morgan fingerprint density at radius 3 is 2.94 bits per heavy atom. The highest BCUT2D eigenvalue weighted by Gasteiger charge is 2.18. The molecule has 0 saturated heterocycles. The highest BCUT2D eigenvalue weighted by Crippen LogP contribution is 2.25. The van der Waals surface area contributed by atoms with Crippen LogP contribution in [0, 0.1) is 5.92 Å². The summed E-state index contributed by atoms with van der Waals surface area (Å²) in [6.07, 6.45) is 6.94. The van der Waals surface area contributed by atoms with Crippen molar-refractivity contribution in [2.75, 3.05) is 0 Å². The van der Waals surface area contributed by atoms with Crippen LogP contribution >= 0.6 is 11.3 Å². The normalized spacial score (nSPS) is 28.6. The summed E-state index contributed by atoms with van der Waals surface area (Å²) >= 11 is 1.86. The fraction of sp³-hybridized carbons (Fsp3) is 0.714. The Morgan fingerprint density at radius 1 is 1.31 bits per heavy atom. The Morgan fingerprint density at radius 2 is 2.19 bits per heavy atom. The van der Waals surface area contributed by atoms with E-state index in [-0.39, 0.29) is 0 Å². The molecule has 1 saturated carbocycles. The van der Waals surface area contributed by atoms with Crippen molar-refractivity contribution >= 4 is 11.3 Å². The molecule has 2 unspecified atom stereocenters. The Bertz CT molecular complexity index is 294. The van der Waals surface area contributed by atoms with E-state index in [1.165, 1.54) is 37.0 Å². The highest BCUT2D eigenvalue weighted by atomic mass is 32.1. The largest absolute Gasteiger partial charge is 0.307 e. The summed E-state index contributed by atoms with van der Waals surface area (Å²) < 4.78 is 0. The summed E-state index contributed by atoms with van der Waals surface area (Å²) in [7, 11) is 0. The second-order valence-electron chi connectivity index (χ2n) is 5.21. The van der Waals surface area contributed by atoms with Gasteiger partial charge in [0.25, 0.3) is 0 Å². The van der Waals surface area contributed by atoms with E-state index in [2.05, 4.69) is 36.7 Å². The summed E-state index contributed by atoms with van der Waals surface area (Å²) in [4.78, 5) is 1.47. The first kappa shape index (κ1) is 12.1. The van der Waals surface area contributed by atoms with Gasteiger partial charge in [-0.1, -0.05) is 25.8 Å². The van der Waals surface area contributed by atoms with E-state index < -0.39 is 0 Å². The first-order valence-electron chi connectivity index (χ1n) is 6.55. The van der Waals surface area contributed by atoms with Crippen LogP contribution in [-0.2, 0) is 0 Å². The zero-order chi connectivity index (χ0) is 11.4. The topological polar surface area (TPSA) is 12.0 Å². The van der Waals surface area contributed by atoms with Crippen LogP contribution in [0.1, 0.15) is 56.9 Å². The molecule has 1 aliphatic rings. The van der Waals surface area contributed by atoms with E-state index in [1.54, 1.807) is 0 Å². The molecule has 0 amide bonds. The number of hydrogen-bond donors (Lipinski definition) is 1. The number of rotatable bonds is 3. The van der Waals surface area contributed by atoms with Gasteiger partial charge in [0, 0.05) is 17.0 Å². The van der Waals surface area contributed by atoms with Crippen molar-refractivity contribution in [3.8, 4) is 0 Å². The molecule has 0 aromatic carbocycles. The molecule has 3 atom stereocenters. The molecule has 0 radical (unpaired) electrons. The molecule has 1 N–H and O–H groups in total. The van der Waals surface area contributed by atoms with Crippen LogP contribution in [0.3, 0.4) is 0 Å². The second kappa shape index (κ2) is 5.83. The Labute approximate surface area is 103 Å². The molecule has 0 aliphatic heterocycles. The van der Waals surface area contributed by atoms with Crippen LogP contribution in [-0.4, -0.2) is 6.04 Å². The van der Waals surface area contributed by atoms with Gasteiger partial charge in [-0.3, -0.25) is 0 Å². The van der Waals surface area contributed by atoms with E-state index in [9.17, 15) is 0 Å². The van der Waals surface area contributed by atoms with Crippen molar-refractivity contribution < 1.29 is 0 Å². The maximum absolute atomic E-state index is 3.79. The fourth-order valence-electron chi connectivity index (χ4n) is 2.63. The van der Waals surface area contributed by atoms with E-state index in [1.807, 2.05) is 11.3 Å². The monoisotopic (exact) mass is 237 g/mol. The smallest absolute Gasteiger partial charge is 0.0388 e. The minimum atomic E-state index is 0.526. The summed E-state index contributed by atoms with van der Waals surface area (Å²) in [6, 6.07) is 5.65. The van der Waals surface area contributed by atoms with Gasteiger partial charge in [-0.15, -0.1) is 11.3 Å². The molecule has 1 aromatic rings. The quantitative estimate of drug-likeness (QED) is 0.770. The standard InChI is InChI=1S/C14H23NS/c1-11-5-3-6-13(9-8-11)15-12(2)14-7-4-10-16-14/h4,7,10-13,15H,3,5-6,8-9H2,1-2H3/t11?,12-,13?/m0/s1. The zero-order valence-corrected chi connectivity index (χ0v) is 11.2. The van der Waals surface area contributed by atoms with E-state index in [4.69, 9.17) is 0 Å². The molecule has 1 aliphatic carbocycles. The van der Waals surface area contributed by atoms with Crippen molar-refractivity contribution in [2.24, 2.45) is 5.92 Å². The molecular weight excluding hydrogens is 214 g/mol. The highest BCUT2D eigenvalue weighted by molar-refractivity contribution is 7.10. The Hall–Kier alpha value is -0.340. The van der Waals surface area contributed by atoms with E-state index in [0.717, 1.165) is 12.0 Å². The first-order chi connectivity index (χ1) is 7.75. The van der Waals surface area contributed by atoms with Crippen molar-refractivity contribution in [1.29, 1.82) is 0 Å². The van der Waals surface area contributed by atoms with Crippen molar-refractivity contribution in [2.45, 2.75) is 58.0 Å². The summed E-state index contributed by atoms with van der Waals surface area (Å²) in [5.41, 5.74) is 0. The average molecular weight is 237 g/mol. The minimum absolute atomic E-state index is 0.526. The van der Waals surface area contributed by atoms with Gasteiger partial charge < -0.3 is 5.32 Å². The van der Waals surface area contributed by atoms with Gasteiger partial charge in [-0.2, -0.15) is 0 Å². The van der Waals surface area contributed by atoms with Crippen molar-refractivity contribution in [1.82, 2.24) is 5.32 Å². The van der Waals surface area contributed by atoms with Gasteiger partial charge in [0.2, 0.25) is 0 Å². The maximum atomic E-state index is 3.79. The second-order valence-corrected chi connectivity index (χ2v) is 6.19. The molecule has 0 bridgehead atoms. The number of hydrogen-bond acceptors (Lipinski definition) is 2. The lowest BCUT2D eigenvalue weighted by Gasteiger charge is -2.21. The predicted octanol–water partition coefficient (Wildman–Crippen LogP) is 4.37. The summed E-state index contributed by atoms with van der Waals surface area (Å²) in [5.74, 6) is 0.934. The molecule has 16 heavy (non-hydrogen) atoms. The fourth-order valence-corrected chi connectivity index (χ4v) is 3.37. The number of nitrogens with one attached hydrogen (secondary N) is 1. The predicted molar refractivity (Wildman–Crippen MR) is 71.9 cm³/mol. The Balaban J connectivity index is 1.84. The van der Waals surface area contributed by atoms with Gasteiger partial charge in [-0.25, -0.2) is 0 Å². The maximum Gasteiger partial charge on any atom is 0.0388 e. The summed E-state index contributed by atoms with van der Waals surface area (Å²) in [6.45, 7) is 4.69. The summed E-state index contributed by atoms with van der Waals surface area (Å²) in [5, 5.41) is 5.96. The van der Waals surface area contributed by atoms with Gasteiger partial charge in [0.05, 0.1) is 0 Å². The van der Waals surface area contributed by atoms with Gasteiger partial charge in [-0.05, 0) is 43.6 Å². The van der Waals surface area contributed by atoms with E-state index >= 15 is 0 Å². The third kappa shape index (κ3) is 3.33. The van der Waals surface area contributed by atoms with Crippen LogP contribution < -0.4 is 5.32 Å². The third-order valence-electron chi connectivity index (χ3n) is 3.71. The molecule has 1 aromatic heterocycles. The van der Waals surface area contributed by atoms with Crippen molar-refractivity contribution in [3.63, 3.8) is 0 Å². The van der Waals surface area contributed by atoms with Gasteiger partial charge in [0.1, 0.15) is 0 Å². The SMILES string of the molecule is CC1CCCC(N[C@@H](C)c2cccs2)CC1. The Kier molecular flexibility index (Phi) is 4.42. The molecule has 2 heteroatoms. The average Bonchev–Trinajstić information content (AvgIpc) is 2.72. The molecule has 2 rings (SSSR count). The molecular formula is C14H23NS. The van der Waals surface area contributed by atoms with Crippen LogP contribution in [0.2, 0.25) is 0 Å². The van der Waals surface area contributed by atoms with Crippen LogP contribution in [0.4, 0.5) is 0 Å². The zero-order valence-electron chi connectivity index (χ0n) is 10.4. The van der Waals surface area contributed by atoms with Gasteiger partial charge in [0.15, 0.2) is 0 Å². The lowest BCUT2D eigenvalue weighted by molar-refractivity contribution is 0.411. The van der Waals surface area contributed by atoms with E-state index in [0.29, 0.717) is 6.04 Å². The van der Waals surface area contributed by atoms with Crippen LogP contribution in [0.5, 0.6) is 0 Å². The number of thiophene rings is 1. The third-order valence-corrected chi connectivity index (χ3v) is 4.77. The van der Waals surface area contributed by atoms with Gasteiger partial charge >= 0.3 is 0 Å². The molecule has 1 heterocycles. The first-order valence-corrected chi connectivity index (χ1v) is 7.43. The van der Waals surface area contributed by atoms with Crippen LogP contribution in [0.25, 0.3) is 0 Å². The molecule has 1 fully saturated rings. The van der Waals surface area contributed by atoms with Crippen LogP contribution in [0.15, 0.2) is 17.5 Å². The minimum Gasteiger partial charge on any atom is -0.307 e. The molecule has 0 spiro atoms. The lowest BCUT2D eigenvalue weighted by atomic mass is 10.0.